The Morgan fingerprint density at radius 1 is 1.41 bits per heavy atom. The summed E-state index contributed by atoms with van der Waals surface area (Å²) < 4.78 is 43.0. The Kier molecular flexibility index (Phi) is 5.23. The number of hydrogen-bond donors (Lipinski definition) is 2. The van der Waals surface area contributed by atoms with Gasteiger partial charge in [0.1, 0.15) is 12.1 Å². The minimum atomic E-state index is -4.47. The first-order valence-electron chi connectivity index (χ1n) is 7.03. The lowest BCUT2D eigenvalue weighted by atomic mass is 9.97. The maximum atomic E-state index is 12.5. The van der Waals surface area contributed by atoms with Gasteiger partial charge < -0.3 is 15.4 Å². The van der Waals surface area contributed by atoms with Crippen molar-refractivity contribution >= 4 is 6.03 Å². The molecule has 1 aliphatic rings. The van der Waals surface area contributed by atoms with E-state index in [9.17, 15) is 18.0 Å². The van der Waals surface area contributed by atoms with Crippen LogP contribution in [0.3, 0.4) is 0 Å². The van der Waals surface area contributed by atoms with E-state index in [1.807, 2.05) is 5.32 Å². The Hall–Kier alpha value is -1.83. The van der Waals surface area contributed by atoms with Gasteiger partial charge in [-0.1, -0.05) is 0 Å². The van der Waals surface area contributed by atoms with Gasteiger partial charge >= 0.3 is 12.2 Å². The molecule has 0 unspecified atom stereocenters. The molecule has 0 aromatic carbocycles. The highest BCUT2D eigenvalue weighted by atomic mass is 19.4. The zero-order valence-corrected chi connectivity index (χ0v) is 12.1. The van der Waals surface area contributed by atoms with Crippen LogP contribution < -0.4 is 10.6 Å². The van der Waals surface area contributed by atoms with Crippen molar-refractivity contribution in [3.63, 3.8) is 0 Å². The normalized spacial score (nSPS) is 23.6. The molecule has 8 heteroatoms. The average molecular weight is 317 g/mol. The number of aromatic nitrogens is 1. The molecule has 2 rings (SSSR count). The zero-order chi connectivity index (χ0) is 16.2. The van der Waals surface area contributed by atoms with E-state index in [0.29, 0.717) is 13.0 Å². The highest BCUT2D eigenvalue weighted by molar-refractivity contribution is 5.74. The standard InChI is InChI=1S/C14H18F3N3O2/c1-9(14(15,16)17)19-13(21)20-11-3-2-8-22-12(11)10-4-6-18-7-5-10/h4-7,9,11-12H,2-3,8H2,1H3,(H2,19,20,21)/t9-,11-,12+/m0/s1. The molecule has 3 atom stereocenters. The van der Waals surface area contributed by atoms with E-state index in [4.69, 9.17) is 4.74 Å². The number of ether oxygens (including phenoxy) is 1. The topological polar surface area (TPSA) is 63.2 Å². The monoisotopic (exact) mass is 317 g/mol. The number of pyridine rings is 1. The summed E-state index contributed by atoms with van der Waals surface area (Å²) in [6.45, 7) is 1.45. The number of nitrogens with zero attached hydrogens (tertiary/aromatic N) is 1. The van der Waals surface area contributed by atoms with Gasteiger partial charge in [0, 0.05) is 19.0 Å². The number of carbonyl (C=O) groups excluding carboxylic acids is 1. The highest BCUT2D eigenvalue weighted by Crippen LogP contribution is 2.28. The fourth-order valence-corrected chi connectivity index (χ4v) is 2.30. The first-order chi connectivity index (χ1) is 10.4. The molecule has 2 heterocycles. The van der Waals surface area contributed by atoms with E-state index in [-0.39, 0.29) is 12.1 Å². The fourth-order valence-electron chi connectivity index (χ4n) is 2.30. The number of amides is 2. The van der Waals surface area contributed by atoms with Gasteiger partial charge in [0.25, 0.3) is 0 Å². The summed E-state index contributed by atoms with van der Waals surface area (Å²) in [5, 5.41) is 4.47. The van der Waals surface area contributed by atoms with Crippen molar-refractivity contribution < 1.29 is 22.7 Å². The van der Waals surface area contributed by atoms with Crippen LogP contribution >= 0.6 is 0 Å². The number of carbonyl (C=O) groups is 1. The van der Waals surface area contributed by atoms with E-state index in [1.165, 1.54) is 0 Å². The summed E-state index contributed by atoms with van der Waals surface area (Å²) in [5.41, 5.74) is 0.837. The summed E-state index contributed by atoms with van der Waals surface area (Å²) in [6, 6.07) is 0.398. The molecule has 22 heavy (non-hydrogen) atoms. The van der Waals surface area contributed by atoms with Gasteiger partial charge in [-0.3, -0.25) is 4.98 Å². The maximum Gasteiger partial charge on any atom is 0.408 e. The second-order valence-corrected chi connectivity index (χ2v) is 5.20. The van der Waals surface area contributed by atoms with E-state index in [1.54, 1.807) is 24.5 Å². The molecule has 122 valence electrons. The first-order valence-corrected chi connectivity index (χ1v) is 7.03. The van der Waals surface area contributed by atoms with Crippen LogP contribution in [0, 0.1) is 0 Å². The zero-order valence-electron chi connectivity index (χ0n) is 12.1. The van der Waals surface area contributed by atoms with Gasteiger partial charge in [0.15, 0.2) is 0 Å². The summed E-state index contributed by atoms with van der Waals surface area (Å²) in [6.07, 6.45) is -0.261. The maximum absolute atomic E-state index is 12.5. The molecule has 1 aliphatic heterocycles. The van der Waals surface area contributed by atoms with E-state index in [2.05, 4.69) is 10.3 Å². The fraction of sp³-hybridized carbons (Fsp3) is 0.571. The predicted molar refractivity (Wildman–Crippen MR) is 73.1 cm³/mol. The van der Waals surface area contributed by atoms with Crippen LogP contribution in [0.2, 0.25) is 0 Å². The number of alkyl halides is 3. The van der Waals surface area contributed by atoms with Crippen LogP contribution in [-0.4, -0.2) is 35.9 Å². The lowest BCUT2D eigenvalue weighted by molar-refractivity contribution is -0.148. The van der Waals surface area contributed by atoms with Crippen LogP contribution in [0.5, 0.6) is 0 Å². The molecule has 5 nitrogen and oxygen atoms in total. The van der Waals surface area contributed by atoms with Crippen molar-refractivity contribution in [3.05, 3.63) is 30.1 Å². The lowest BCUT2D eigenvalue weighted by Crippen LogP contribution is -2.52. The molecule has 1 fully saturated rings. The first kappa shape index (κ1) is 16.5. The number of nitrogens with one attached hydrogen (secondary N) is 2. The molecule has 0 spiro atoms. The van der Waals surface area contributed by atoms with Gasteiger partial charge in [0.2, 0.25) is 0 Å². The van der Waals surface area contributed by atoms with Gasteiger partial charge in [-0.05, 0) is 37.5 Å². The van der Waals surface area contributed by atoms with Crippen molar-refractivity contribution in [2.45, 2.75) is 44.1 Å². The quantitative estimate of drug-likeness (QED) is 0.900. The molecule has 0 saturated carbocycles. The second-order valence-electron chi connectivity index (χ2n) is 5.20. The molecule has 1 aromatic heterocycles. The molecule has 2 amide bonds. The Morgan fingerprint density at radius 2 is 2.09 bits per heavy atom. The van der Waals surface area contributed by atoms with Gasteiger partial charge in [-0.15, -0.1) is 0 Å². The SMILES string of the molecule is C[C@H](NC(=O)N[C@H]1CCCO[C@@H]1c1ccncc1)C(F)(F)F. The van der Waals surface area contributed by atoms with Gasteiger partial charge in [0.05, 0.1) is 6.04 Å². The third-order valence-electron chi connectivity index (χ3n) is 3.51. The van der Waals surface area contributed by atoms with E-state index in [0.717, 1.165) is 18.9 Å². The smallest absolute Gasteiger partial charge is 0.371 e. The molecular formula is C14H18F3N3O2. The van der Waals surface area contributed by atoms with Crippen molar-refractivity contribution in [1.82, 2.24) is 15.6 Å². The number of rotatable bonds is 3. The van der Waals surface area contributed by atoms with Crippen molar-refractivity contribution in [2.75, 3.05) is 6.61 Å². The van der Waals surface area contributed by atoms with Crippen LogP contribution in [-0.2, 0) is 4.74 Å². The molecule has 1 saturated heterocycles. The summed E-state index contributed by atoms with van der Waals surface area (Å²) in [5.74, 6) is 0. The number of halogens is 3. The summed E-state index contributed by atoms with van der Waals surface area (Å²) in [4.78, 5) is 15.7. The van der Waals surface area contributed by atoms with E-state index < -0.39 is 18.2 Å². The van der Waals surface area contributed by atoms with Gasteiger partial charge in [-0.25, -0.2) is 4.79 Å². The third-order valence-corrected chi connectivity index (χ3v) is 3.51. The molecule has 2 N–H and O–H groups in total. The van der Waals surface area contributed by atoms with Gasteiger partial charge in [-0.2, -0.15) is 13.2 Å². The largest absolute Gasteiger partial charge is 0.408 e. The van der Waals surface area contributed by atoms with Crippen LogP contribution in [0.4, 0.5) is 18.0 Å². The highest BCUT2D eigenvalue weighted by Gasteiger charge is 2.37. The molecule has 0 aliphatic carbocycles. The third kappa shape index (κ3) is 4.33. The molecule has 0 radical (unpaired) electrons. The van der Waals surface area contributed by atoms with Crippen LogP contribution in [0.15, 0.2) is 24.5 Å². The molecule has 1 aromatic rings. The van der Waals surface area contributed by atoms with Crippen molar-refractivity contribution in [3.8, 4) is 0 Å². The Morgan fingerprint density at radius 3 is 2.73 bits per heavy atom. The number of urea groups is 1. The Bertz CT molecular complexity index is 496. The minimum absolute atomic E-state index is 0.378. The van der Waals surface area contributed by atoms with Crippen LogP contribution in [0.1, 0.15) is 31.4 Å². The Labute approximate surface area is 126 Å². The predicted octanol–water partition coefficient (Wildman–Crippen LogP) is 2.55. The number of hydrogen-bond acceptors (Lipinski definition) is 3. The second kappa shape index (κ2) is 6.95. The van der Waals surface area contributed by atoms with E-state index >= 15 is 0 Å². The van der Waals surface area contributed by atoms with Crippen molar-refractivity contribution in [1.29, 1.82) is 0 Å². The molecule has 0 bridgehead atoms. The minimum Gasteiger partial charge on any atom is -0.371 e. The summed E-state index contributed by atoms with van der Waals surface area (Å²) >= 11 is 0. The van der Waals surface area contributed by atoms with Crippen LogP contribution in [0.25, 0.3) is 0 Å². The lowest BCUT2D eigenvalue weighted by Gasteiger charge is -2.33. The van der Waals surface area contributed by atoms with Crippen molar-refractivity contribution in [2.24, 2.45) is 0 Å². The average Bonchev–Trinajstić information content (AvgIpc) is 2.47. The molecular weight excluding hydrogens is 299 g/mol. The Balaban J connectivity index is 1.99. The summed E-state index contributed by atoms with van der Waals surface area (Å²) in [7, 11) is 0.